The highest BCUT2D eigenvalue weighted by atomic mass is 32.1. The summed E-state index contributed by atoms with van der Waals surface area (Å²) < 4.78 is 0. The Morgan fingerprint density at radius 2 is 1.75 bits per heavy atom. The second-order valence-electron chi connectivity index (χ2n) is 3.27. The van der Waals surface area contributed by atoms with Crippen LogP contribution in [-0.4, -0.2) is 16.6 Å². The molecule has 0 aromatic carbocycles. The minimum atomic E-state index is -0.168. The van der Waals surface area contributed by atoms with Crippen LogP contribution in [0.2, 0.25) is 0 Å². The molecule has 3 nitrogen and oxygen atoms in total. The molecular formula is C12H9NO2S. The third-order valence-electron chi connectivity index (χ3n) is 2.17. The molecule has 2 aromatic heterocycles. The lowest BCUT2D eigenvalue weighted by Gasteiger charge is -1.98. The fraction of sp³-hybridized carbons (Fsp3) is 0.0833. The molecule has 4 heteroatoms. The van der Waals surface area contributed by atoms with Crippen LogP contribution >= 0.6 is 11.3 Å². The Kier molecular flexibility index (Phi) is 3.22. The number of ketones is 2. The number of thiophene rings is 1. The number of aromatic nitrogens is 1. The molecular weight excluding hydrogens is 222 g/mol. The molecule has 80 valence electrons. The van der Waals surface area contributed by atoms with E-state index in [2.05, 4.69) is 4.98 Å². The van der Waals surface area contributed by atoms with Gasteiger partial charge in [0, 0.05) is 28.9 Å². The first-order valence-electron chi connectivity index (χ1n) is 4.76. The van der Waals surface area contributed by atoms with Crippen LogP contribution in [0.25, 0.3) is 0 Å². The highest BCUT2D eigenvalue weighted by Gasteiger charge is 2.13. The molecule has 0 atom stereocenters. The van der Waals surface area contributed by atoms with Crippen molar-refractivity contribution in [3.05, 3.63) is 52.5 Å². The summed E-state index contributed by atoms with van der Waals surface area (Å²) in [6.45, 7) is 0. The van der Waals surface area contributed by atoms with Gasteiger partial charge in [-0.25, -0.2) is 0 Å². The van der Waals surface area contributed by atoms with Crippen molar-refractivity contribution >= 4 is 22.9 Å². The van der Waals surface area contributed by atoms with Crippen LogP contribution in [0.5, 0.6) is 0 Å². The normalized spacial score (nSPS) is 10.0. The number of rotatable bonds is 4. The lowest BCUT2D eigenvalue weighted by atomic mass is 10.0. The van der Waals surface area contributed by atoms with E-state index >= 15 is 0 Å². The van der Waals surface area contributed by atoms with Crippen LogP contribution in [0, 0.1) is 0 Å². The van der Waals surface area contributed by atoms with E-state index < -0.39 is 0 Å². The minimum absolute atomic E-state index is 0.0826. The van der Waals surface area contributed by atoms with Crippen LogP contribution in [0.4, 0.5) is 0 Å². The zero-order valence-electron chi connectivity index (χ0n) is 8.42. The number of carbonyl (C=O) groups excluding carboxylic acids is 2. The molecule has 2 heterocycles. The molecule has 16 heavy (non-hydrogen) atoms. The van der Waals surface area contributed by atoms with E-state index in [1.54, 1.807) is 36.0 Å². The monoisotopic (exact) mass is 231 g/mol. The maximum absolute atomic E-state index is 11.7. The van der Waals surface area contributed by atoms with Crippen molar-refractivity contribution in [1.82, 2.24) is 4.98 Å². The quantitative estimate of drug-likeness (QED) is 0.600. The van der Waals surface area contributed by atoms with Gasteiger partial charge < -0.3 is 0 Å². The Hall–Kier alpha value is -1.81. The minimum Gasteiger partial charge on any atom is -0.294 e. The van der Waals surface area contributed by atoms with Gasteiger partial charge in [0.1, 0.15) is 0 Å². The Labute approximate surface area is 96.8 Å². The number of hydrogen-bond acceptors (Lipinski definition) is 4. The van der Waals surface area contributed by atoms with Crippen molar-refractivity contribution in [2.45, 2.75) is 6.42 Å². The topological polar surface area (TPSA) is 47.0 Å². The summed E-state index contributed by atoms with van der Waals surface area (Å²) in [6, 6.07) is 4.96. The summed E-state index contributed by atoms with van der Waals surface area (Å²) in [5.74, 6) is -0.304. The van der Waals surface area contributed by atoms with Crippen molar-refractivity contribution in [3.8, 4) is 0 Å². The van der Waals surface area contributed by atoms with Gasteiger partial charge in [0.2, 0.25) is 0 Å². The SMILES string of the molecule is O=C(CC(=O)c1ccsc1)c1ccncc1. The van der Waals surface area contributed by atoms with E-state index in [0.717, 1.165) is 0 Å². The van der Waals surface area contributed by atoms with Crippen molar-refractivity contribution in [2.24, 2.45) is 0 Å². The largest absolute Gasteiger partial charge is 0.294 e. The van der Waals surface area contributed by atoms with E-state index in [4.69, 9.17) is 0 Å². The molecule has 0 N–H and O–H groups in total. The maximum atomic E-state index is 11.7. The van der Waals surface area contributed by atoms with E-state index in [-0.39, 0.29) is 18.0 Å². The van der Waals surface area contributed by atoms with Crippen LogP contribution in [0.15, 0.2) is 41.4 Å². The van der Waals surface area contributed by atoms with Crippen molar-refractivity contribution in [2.75, 3.05) is 0 Å². The predicted molar refractivity (Wildman–Crippen MR) is 61.8 cm³/mol. The van der Waals surface area contributed by atoms with E-state index in [1.807, 2.05) is 5.38 Å². The van der Waals surface area contributed by atoms with Crippen molar-refractivity contribution in [3.63, 3.8) is 0 Å². The Morgan fingerprint density at radius 1 is 1.06 bits per heavy atom. The number of pyridine rings is 1. The molecule has 0 aliphatic heterocycles. The average molecular weight is 231 g/mol. The van der Waals surface area contributed by atoms with Gasteiger partial charge >= 0.3 is 0 Å². The van der Waals surface area contributed by atoms with E-state index in [0.29, 0.717) is 11.1 Å². The number of Topliss-reactive ketones (excluding diaryl/α,β-unsaturated/α-hetero) is 2. The highest BCUT2D eigenvalue weighted by Crippen LogP contribution is 2.11. The van der Waals surface area contributed by atoms with Gasteiger partial charge in [0.15, 0.2) is 11.6 Å². The van der Waals surface area contributed by atoms with Crippen LogP contribution in [0.3, 0.4) is 0 Å². The standard InChI is InChI=1S/C12H9NO2S/c14-11(9-1-4-13-5-2-9)7-12(15)10-3-6-16-8-10/h1-6,8H,7H2. The van der Waals surface area contributed by atoms with Crippen LogP contribution in [0.1, 0.15) is 27.1 Å². The first-order valence-corrected chi connectivity index (χ1v) is 5.70. The fourth-order valence-electron chi connectivity index (χ4n) is 1.31. The Bertz CT molecular complexity index is 491. The summed E-state index contributed by atoms with van der Waals surface area (Å²) >= 11 is 1.45. The molecule has 2 aromatic rings. The molecule has 0 saturated heterocycles. The van der Waals surface area contributed by atoms with Gasteiger partial charge in [0.05, 0.1) is 6.42 Å². The van der Waals surface area contributed by atoms with Gasteiger partial charge in [-0.1, -0.05) is 0 Å². The second kappa shape index (κ2) is 4.81. The highest BCUT2D eigenvalue weighted by molar-refractivity contribution is 7.08. The van der Waals surface area contributed by atoms with Gasteiger partial charge in [0.25, 0.3) is 0 Å². The third kappa shape index (κ3) is 2.41. The lowest BCUT2D eigenvalue weighted by Crippen LogP contribution is -2.07. The molecule has 2 rings (SSSR count). The summed E-state index contributed by atoms with van der Waals surface area (Å²) in [5, 5.41) is 3.58. The summed E-state index contributed by atoms with van der Waals surface area (Å²) in [7, 11) is 0. The molecule has 0 aliphatic carbocycles. The van der Waals surface area contributed by atoms with Gasteiger partial charge in [-0.2, -0.15) is 11.3 Å². The molecule has 0 saturated carbocycles. The molecule has 0 radical (unpaired) electrons. The van der Waals surface area contributed by atoms with Gasteiger partial charge in [-0.05, 0) is 23.6 Å². The van der Waals surface area contributed by atoms with Gasteiger partial charge in [-0.15, -0.1) is 0 Å². The zero-order valence-corrected chi connectivity index (χ0v) is 9.24. The number of nitrogens with zero attached hydrogens (tertiary/aromatic N) is 1. The molecule has 0 unspecified atom stereocenters. The van der Waals surface area contributed by atoms with Crippen molar-refractivity contribution < 1.29 is 9.59 Å². The summed E-state index contributed by atoms with van der Waals surface area (Å²) in [5.41, 5.74) is 1.13. The Morgan fingerprint density at radius 3 is 2.38 bits per heavy atom. The summed E-state index contributed by atoms with van der Waals surface area (Å²) in [4.78, 5) is 27.2. The van der Waals surface area contributed by atoms with Gasteiger partial charge in [-0.3, -0.25) is 14.6 Å². The number of hydrogen-bond donors (Lipinski definition) is 0. The average Bonchev–Trinajstić information content (AvgIpc) is 2.83. The summed E-state index contributed by atoms with van der Waals surface area (Å²) in [6.07, 6.45) is 3.01. The van der Waals surface area contributed by atoms with E-state index in [9.17, 15) is 9.59 Å². The Balaban J connectivity index is 2.06. The molecule has 0 bridgehead atoms. The first-order chi connectivity index (χ1) is 7.77. The smallest absolute Gasteiger partial charge is 0.171 e. The van der Waals surface area contributed by atoms with Crippen LogP contribution < -0.4 is 0 Å². The molecule has 0 fully saturated rings. The first kappa shape index (κ1) is 10.7. The maximum Gasteiger partial charge on any atom is 0.171 e. The molecule has 0 aliphatic rings. The van der Waals surface area contributed by atoms with E-state index in [1.165, 1.54) is 11.3 Å². The lowest BCUT2D eigenvalue weighted by molar-refractivity contribution is 0.0894. The third-order valence-corrected chi connectivity index (χ3v) is 2.85. The molecule has 0 spiro atoms. The number of carbonyl (C=O) groups is 2. The van der Waals surface area contributed by atoms with Crippen LogP contribution in [-0.2, 0) is 0 Å². The predicted octanol–water partition coefficient (Wildman–Crippen LogP) is 2.60. The molecule has 0 amide bonds. The van der Waals surface area contributed by atoms with Crippen molar-refractivity contribution in [1.29, 1.82) is 0 Å². The zero-order chi connectivity index (χ0) is 11.4. The second-order valence-corrected chi connectivity index (χ2v) is 4.05. The fourth-order valence-corrected chi connectivity index (χ4v) is 1.97.